The first-order valence-corrected chi connectivity index (χ1v) is 7.89. The van der Waals surface area contributed by atoms with Gasteiger partial charge < -0.3 is 10.6 Å². The van der Waals surface area contributed by atoms with Crippen LogP contribution in [-0.4, -0.2) is 36.0 Å². The monoisotopic (exact) mass is 312 g/mol. The molecule has 0 fully saturated rings. The summed E-state index contributed by atoms with van der Waals surface area (Å²) in [6.07, 6.45) is 0. The third-order valence-corrected chi connectivity index (χ3v) is 3.00. The fourth-order valence-electron chi connectivity index (χ4n) is 1.37. The molecule has 6 heteroatoms. The molecular formula is C16H32N4O2. The molecule has 128 valence electrons. The molecule has 0 aliphatic carbocycles. The molecule has 0 radical (unpaired) electrons. The molecule has 0 heterocycles. The first-order valence-electron chi connectivity index (χ1n) is 7.89. The number of hydrogen-bond acceptors (Lipinski definition) is 4. The Labute approximate surface area is 134 Å². The Kier molecular flexibility index (Phi) is 7.70. The van der Waals surface area contributed by atoms with Crippen LogP contribution in [-0.2, 0) is 9.59 Å². The molecule has 0 saturated heterocycles. The van der Waals surface area contributed by atoms with Gasteiger partial charge in [-0.1, -0.05) is 27.7 Å². The zero-order chi connectivity index (χ0) is 17.6. The summed E-state index contributed by atoms with van der Waals surface area (Å²) in [4.78, 5) is 24.2. The quantitative estimate of drug-likeness (QED) is 0.675. The number of nitrogens with zero attached hydrogens (tertiary/aromatic N) is 2. The Morgan fingerprint density at radius 3 is 1.27 bits per heavy atom. The van der Waals surface area contributed by atoms with E-state index >= 15 is 0 Å². The maximum absolute atomic E-state index is 12.1. The summed E-state index contributed by atoms with van der Waals surface area (Å²) in [7, 11) is 0. The lowest BCUT2D eigenvalue weighted by Crippen LogP contribution is -2.44. The maximum Gasteiger partial charge on any atom is 0.249 e. The summed E-state index contributed by atoms with van der Waals surface area (Å²) in [5, 5.41) is 13.9. The van der Waals surface area contributed by atoms with Crippen LogP contribution in [0, 0.1) is 11.8 Å². The van der Waals surface area contributed by atoms with E-state index in [1.165, 1.54) is 0 Å². The minimum Gasteiger partial charge on any atom is -0.354 e. The summed E-state index contributed by atoms with van der Waals surface area (Å²) in [5.41, 5.74) is -1.99. The van der Waals surface area contributed by atoms with E-state index in [1.807, 2.05) is 27.7 Å². The van der Waals surface area contributed by atoms with Crippen molar-refractivity contribution in [3.05, 3.63) is 0 Å². The summed E-state index contributed by atoms with van der Waals surface area (Å²) in [6, 6.07) is 0. The topological polar surface area (TPSA) is 82.9 Å². The molecule has 0 aliphatic rings. The maximum atomic E-state index is 12.1. The Morgan fingerprint density at radius 1 is 0.773 bits per heavy atom. The van der Waals surface area contributed by atoms with Crippen molar-refractivity contribution in [1.29, 1.82) is 0 Å². The number of amides is 2. The summed E-state index contributed by atoms with van der Waals surface area (Å²) < 4.78 is 0. The number of carbonyl (C=O) groups excluding carboxylic acids is 2. The number of nitrogens with one attached hydrogen (secondary N) is 2. The van der Waals surface area contributed by atoms with E-state index in [1.54, 1.807) is 27.7 Å². The molecule has 0 saturated carbocycles. The predicted molar refractivity (Wildman–Crippen MR) is 88.7 cm³/mol. The highest BCUT2D eigenvalue weighted by Crippen LogP contribution is 2.16. The molecular weight excluding hydrogens is 280 g/mol. The second-order valence-electron chi connectivity index (χ2n) is 7.53. The summed E-state index contributed by atoms with van der Waals surface area (Å²) >= 11 is 0. The predicted octanol–water partition coefficient (Wildman–Crippen LogP) is 2.54. The Bertz CT molecular complexity index is 374. The smallest absolute Gasteiger partial charge is 0.249 e. The molecule has 2 amide bonds. The second-order valence-corrected chi connectivity index (χ2v) is 7.53. The van der Waals surface area contributed by atoms with E-state index < -0.39 is 11.1 Å². The van der Waals surface area contributed by atoms with Gasteiger partial charge in [-0.15, -0.1) is 0 Å². The van der Waals surface area contributed by atoms with Crippen LogP contribution in [0.4, 0.5) is 0 Å². The Hall–Kier alpha value is -1.46. The molecule has 0 aromatic carbocycles. The van der Waals surface area contributed by atoms with Gasteiger partial charge in [-0.2, -0.15) is 10.2 Å². The van der Waals surface area contributed by atoms with Crippen LogP contribution in [0.1, 0.15) is 55.4 Å². The van der Waals surface area contributed by atoms with Crippen LogP contribution in [0.15, 0.2) is 10.2 Å². The van der Waals surface area contributed by atoms with Crippen LogP contribution in [0.2, 0.25) is 0 Å². The fraction of sp³-hybridized carbons (Fsp3) is 0.875. The van der Waals surface area contributed by atoms with Crippen molar-refractivity contribution in [3.8, 4) is 0 Å². The third kappa shape index (κ3) is 7.52. The lowest BCUT2D eigenvalue weighted by molar-refractivity contribution is -0.127. The molecule has 0 bridgehead atoms. The van der Waals surface area contributed by atoms with Gasteiger partial charge in [0.05, 0.1) is 0 Å². The highest BCUT2D eigenvalue weighted by atomic mass is 16.2. The van der Waals surface area contributed by atoms with Gasteiger partial charge in [0.1, 0.15) is 0 Å². The van der Waals surface area contributed by atoms with Crippen LogP contribution in [0.25, 0.3) is 0 Å². The van der Waals surface area contributed by atoms with Gasteiger partial charge in [0, 0.05) is 13.1 Å². The zero-order valence-electron chi connectivity index (χ0n) is 15.3. The third-order valence-electron chi connectivity index (χ3n) is 3.00. The average Bonchev–Trinajstić information content (AvgIpc) is 2.39. The summed E-state index contributed by atoms with van der Waals surface area (Å²) in [5.74, 6) is 0.358. The van der Waals surface area contributed by atoms with Gasteiger partial charge in [-0.05, 0) is 39.5 Å². The van der Waals surface area contributed by atoms with Crippen molar-refractivity contribution < 1.29 is 9.59 Å². The van der Waals surface area contributed by atoms with Crippen LogP contribution in [0.5, 0.6) is 0 Å². The van der Waals surface area contributed by atoms with Crippen molar-refractivity contribution in [1.82, 2.24) is 10.6 Å². The molecule has 0 unspecified atom stereocenters. The first-order chi connectivity index (χ1) is 9.88. The van der Waals surface area contributed by atoms with Gasteiger partial charge in [0.25, 0.3) is 0 Å². The minimum atomic E-state index is -0.996. The zero-order valence-corrected chi connectivity index (χ0v) is 15.3. The largest absolute Gasteiger partial charge is 0.354 e. The SMILES string of the molecule is CC(C)CNC(=O)C(C)(C)N=NC(C)(C)C(=O)NCC(C)C. The van der Waals surface area contributed by atoms with Crippen molar-refractivity contribution in [3.63, 3.8) is 0 Å². The molecule has 22 heavy (non-hydrogen) atoms. The molecule has 0 atom stereocenters. The van der Waals surface area contributed by atoms with Gasteiger partial charge >= 0.3 is 0 Å². The van der Waals surface area contributed by atoms with Crippen LogP contribution in [0.3, 0.4) is 0 Å². The molecule has 0 spiro atoms. The molecule has 0 aromatic rings. The van der Waals surface area contributed by atoms with E-state index in [-0.39, 0.29) is 11.8 Å². The Morgan fingerprint density at radius 2 is 1.05 bits per heavy atom. The summed E-state index contributed by atoms with van der Waals surface area (Å²) in [6.45, 7) is 16.0. The van der Waals surface area contributed by atoms with E-state index in [2.05, 4.69) is 20.9 Å². The van der Waals surface area contributed by atoms with Crippen molar-refractivity contribution in [2.75, 3.05) is 13.1 Å². The van der Waals surface area contributed by atoms with Gasteiger partial charge in [-0.25, -0.2) is 0 Å². The number of carbonyl (C=O) groups is 2. The second kappa shape index (κ2) is 8.25. The first kappa shape index (κ1) is 20.5. The van der Waals surface area contributed by atoms with Gasteiger partial charge in [0.15, 0.2) is 11.1 Å². The molecule has 6 nitrogen and oxygen atoms in total. The fourth-order valence-corrected chi connectivity index (χ4v) is 1.37. The molecule has 0 rings (SSSR count). The van der Waals surface area contributed by atoms with Crippen molar-refractivity contribution >= 4 is 11.8 Å². The van der Waals surface area contributed by atoms with Crippen molar-refractivity contribution in [2.24, 2.45) is 22.1 Å². The minimum absolute atomic E-state index is 0.191. The molecule has 0 aromatic heterocycles. The van der Waals surface area contributed by atoms with Crippen LogP contribution >= 0.6 is 0 Å². The normalized spacial score (nSPS) is 13.0. The van der Waals surface area contributed by atoms with E-state index in [4.69, 9.17) is 0 Å². The highest BCUT2D eigenvalue weighted by molar-refractivity contribution is 5.86. The van der Waals surface area contributed by atoms with Gasteiger partial charge in [0.2, 0.25) is 11.8 Å². The average molecular weight is 312 g/mol. The molecule has 2 N–H and O–H groups in total. The highest BCUT2D eigenvalue weighted by Gasteiger charge is 2.32. The number of rotatable bonds is 8. The van der Waals surface area contributed by atoms with E-state index in [9.17, 15) is 9.59 Å². The Balaban J connectivity index is 4.76. The van der Waals surface area contributed by atoms with Crippen molar-refractivity contribution in [2.45, 2.75) is 66.5 Å². The number of hydrogen-bond donors (Lipinski definition) is 2. The lowest BCUT2D eigenvalue weighted by atomic mass is 10.0. The standard InChI is InChI=1S/C16H32N4O2/c1-11(2)9-17-13(21)15(5,6)19-20-16(7,8)14(22)18-10-12(3)4/h11-12H,9-10H2,1-8H3,(H,17,21)(H,18,22). The van der Waals surface area contributed by atoms with Gasteiger partial charge in [-0.3, -0.25) is 9.59 Å². The lowest BCUT2D eigenvalue weighted by Gasteiger charge is -2.23. The molecule has 0 aliphatic heterocycles. The van der Waals surface area contributed by atoms with E-state index in [0.717, 1.165) is 0 Å². The number of azo groups is 1. The van der Waals surface area contributed by atoms with E-state index in [0.29, 0.717) is 24.9 Å². The van der Waals surface area contributed by atoms with Crippen LogP contribution < -0.4 is 10.6 Å².